The van der Waals surface area contributed by atoms with E-state index in [1.807, 2.05) is 19.9 Å². The van der Waals surface area contributed by atoms with Gasteiger partial charge in [0, 0.05) is 31.1 Å². The number of carbonyl (C=O) groups is 2. The van der Waals surface area contributed by atoms with Gasteiger partial charge in [-0.25, -0.2) is 14.2 Å². The van der Waals surface area contributed by atoms with Gasteiger partial charge < -0.3 is 15.8 Å². The van der Waals surface area contributed by atoms with Crippen molar-refractivity contribution >= 4 is 18.2 Å². The summed E-state index contributed by atoms with van der Waals surface area (Å²) in [4.78, 5) is 25.1. The van der Waals surface area contributed by atoms with Gasteiger partial charge in [0.25, 0.3) is 5.91 Å². The van der Waals surface area contributed by atoms with Gasteiger partial charge in [-0.3, -0.25) is 4.79 Å². The van der Waals surface area contributed by atoms with Gasteiger partial charge in [-0.2, -0.15) is 15.5 Å². The summed E-state index contributed by atoms with van der Waals surface area (Å²) in [5.41, 5.74) is 4.98. The fraction of sp³-hybridized carbons (Fsp3) is 0.560. The van der Waals surface area contributed by atoms with E-state index in [0.29, 0.717) is 23.7 Å². The topological polar surface area (TPSA) is 141 Å². The van der Waals surface area contributed by atoms with E-state index < -0.39 is 11.7 Å². The second-order valence-electron chi connectivity index (χ2n) is 11.0. The number of ether oxygens (including phenoxy) is 1. The number of amides is 2. The van der Waals surface area contributed by atoms with Crippen LogP contribution in [0.4, 0.5) is 4.79 Å². The molecule has 0 aromatic carbocycles. The average Bonchev–Trinajstić information content (AvgIpc) is 3.43. The molecule has 2 amide bonds. The molecule has 0 saturated heterocycles. The highest BCUT2D eigenvalue weighted by Crippen LogP contribution is 2.57. The van der Waals surface area contributed by atoms with Crippen molar-refractivity contribution in [2.24, 2.45) is 28.9 Å². The van der Waals surface area contributed by atoms with Crippen molar-refractivity contribution in [2.75, 3.05) is 0 Å². The molecule has 4 bridgehead atoms. The van der Waals surface area contributed by atoms with Crippen LogP contribution in [0.25, 0.3) is 12.0 Å². The minimum absolute atomic E-state index is 0.0163. The predicted octanol–water partition coefficient (Wildman–Crippen LogP) is 3.25. The Kier molecular flexibility index (Phi) is 5.66. The van der Waals surface area contributed by atoms with Crippen LogP contribution in [-0.4, -0.2) is 43.2 Å². The summed E-state index contributed by atoms with van der Waals surface area (Å²) in [6.07, 6.45) is 12.7. The third kappa shape index (κ3) is 4.43. The number of hydrogen-bond donors (Lipinski definition) is 2. The van der Waals surface area contributed by atoms with Crippen LogP contribution in [0.1, 0.15) is 62.7 Å². The molecule has 35 heavy (non-hydrogen) atoms. The third-order valence-electron chi connectivity index (χ3n) is 7.77. The Morgan fingerprint density at radius 1 is 1.31 bits per heavy atom. The summed E-state index contributed by atoms with van der Waals surface area (Å²) in [5, 5.41) is 21.1. The Balaban J connectivity index is 1.39. The smallest absolute Gasteiger partial charge is 0.405 e. The van der Waals surface area contributed by atoms with Crippen molar-refractivity contribution < 1.29 is 14.3 Å². The van der Waals surface area contributed by atoms with Crippen LogP contribution in [0, 0.1) is 34.5 Å². The van der Waals surface area contributed by atoms with Gasteiger partial charge in [-0.15, -0.1) is 0 Å². The van der Waals surface area contributed by atoms with E-state index in [1.165, 1.54) is 0 Å². The number of nitriles is 1. The van der Waals surface area contributed by atoms with E-state index in [0.717, 1.165) is 32.1 Å². The Labute approximate surface area is 204 Å². The number of carbonyl (C=O) groups excluding carboxylic acids is 2. The van der Waals surface area contributed by atoms with Crippen molar-refractivity contribution in [3.63, 3.8) is 0 Å². The second kappa shape index (κ2) is 8.56. The fourth-order valence-electron chi connectivity index (χ4n) is 6.54. The highest BCUT2D eigenvalue weighted by atomic mass is 16.6. The van der Waals surface area contributed by atoms with Crippen LogP contribution in [0.2, 0.25) is 0 Å². The summed E-state index contributed by atoms with van der Waals surface area (Å²) in [5.74, 6) is 1.34. The molecule has 2 unspecified atom stereocenters. The first-order valence-corrected chi connectivity index (χ1v) is 12.1. The Bertz CT molecular complexity index is 1170. The molecule has 4 aliphatic rings. The molecule has 4 saturated carbocycles. The normalized spacial score (nSPS) is 29.3. The average molecular weight is 478 g/mol. The minimum atomic E-state index is -0.713. The molecule has 3 N–H and O–H groups in total. The summed E-state index contributed by atoms with van der Waals surface area (Å²) in [7, 11) is 0. The number of rotatable bonds is 7. The standard InChI is InChI=1S/C25H31N7O3/c1-24(2,4-6-26)5-9-32-22(31-8-3-7-28-31)19(15-29-32)21(33)30-20-17-10-16-11-18(20)14-25(12-16,13-17)35-23(27)34/h3,5,7-9,15-18,20H,4,10-14H2,1-2H3,(H2,27,34)(H,30,33)/b9-5+. The maximum atomic E-state index is 13.5. The monoisotopic (exact) mass is 477 g/mol. The maximum absolute atomic E-state index is 13.5. The summed E-state index contributed by atoms with van der Waals surface area (Å²) in [6.45, 7) is 3.94. The molecule has 0 spiro atoms. The molecule has 10 nitrogen and oxygen atoms in total. The van der Waals surface area contributed by atoms with Gasteiger partial charge in [0.05, 0.1) is 12.3 Å². The first-order valence-electron chi connectivity index (χ1n) is 12.1. The zero-order chi connectivity index (χ0) is 24.8. The lowest BCUT2D eigenvalue weighted by Crippen LogP contribution is -2.63. The molecule has 2 heterocycles. The SMILES string of the molecule is CC(C)(/C=C/n1ncc(C(=O)NC2C3CC4CC2CC(OC(N)=O)(C4)C3)c1-n1cccn1)CC#N. The highest BCUT2D eigenvalue weighted by molar-refractivity contribution is 5.97. The highest BCUT2D eigenvalue weighted by Gasteiger charge is 2.57. The van der Waals surface area contributed by atoms with Crippen molar-refractivity contribution in [1.29, 1.82) is 5.26 Å². The first kappa shape index (κ1) is 23.1. The zero-order valence-electron chi connectivity index (χ0n) is 20.1. The number of nitrogens with two attached hydrogens (primary N) is 1. The van der Waals surface area contributed by atoms with Gasteiger partial charge in [-0.1, -0.05) is 19.9 Å². The van der Waals surface area contributed by atoms with E-state index in [2.05, 4.69) is 21.6 Å². The van der Waals surface area contributed by atoms with E-state index >= 15 is 0 Å². The Morgan fingerprint density at radius 3 is 2.69 bits per heavy atom. The predicted molar refractivity (Wildman–Crippen MR) is 127 cm³/mol. The molecular weight excluding hydrogens is 446 g/mol. The van der Waals surface area contributed by atoms with Crippen LogP contribution in [-0.2, 0) is 4.74 Å². The van der Waals surface area contributed by atoms with E-state index in [1.54, 1.807) is 40.2 Å². The molecule has 2 aromatic rings. The van der Waals surface area contributed by atoms with E-state index in [4.69, 9.17) is 15.7 Å². The van der Waals surface area contributed by atoms with Crippen LogP contribution in [0.5, 0.6) is 0 Å². The number of primary amides is 1. The van der Waals surface area contributed by atoms with Crippen molar-refractivity contribution in [3.8, 4) is 11.9 Å². The lowest BCUT2D eigenvalue weighted by molar-refractivity contribution is -0.137. The van der Waals surface area contributed by atoms with Crippen LogP contribution < -0.4 is 11.1 Å². The maximum Gasteiger partial charge on any atom is 0.405 e. The van der Waals surface area contributed by atoms with Crippen LogP contribution in [0.3, 0.4) is 0 Å². The number of nitrogens with one attached hydrogen (secondary N) is 1. The Morgan fingerprint density at radius 2 is 2.06 bits per heavy atom. The molecular formula is C25H31N7O3. The largest absolute Gasteiger partial charge is 0.443 e. The molecule has 10 heteroatoms. The number of hydrogen-bond acceptors (Lipinski definition) is 6. The quantitative estimate of drug-likeness (QED) is 0.627. The van der Waals surface area contributed by atoms with Crippen LogP contribution in [0.15, 0.2) is 30.7 Å². The van der Waals surface area contributed by atoms with Crippen molar-refractivity contribution in [2.45, 2.75) is 64.0 Å². The lowest BCUT2D eigenvalue weighted by Gasteiger charge is -2.58. The van der Waals surface area contributed by atoms with Gasteiger partial charge in [0.1, 0.15) is 11.2 Å². The number of aromatic nitrogens is 4. The molecule has 4 aliphatic carbocycles. The van der Waals surface area contributed by atoms with Crippen LogP contribution >= 0.6 is 0 Å². The van der Waals surface area contributed by atoms with Crippen molar-refractivity contribution in [3.05, 3.63) is 36.3 Å². The number of nitrogens with zero attached hydrogens (tertiary/aromatic N) is 5. The van der Waals surface area contributed by atoms with Gasteiger partial charge in [0.15, 0.2) is 5.82 Å². The van der Waals surface area contributed by atoms with Gasteiger partial charge in [0.2, 0.25) is 0 Å². The van der Waals surface area contributed by atoms with Gasteiger partial charge >= 0.3 is 6.09 Å². The first-order chi connectivity index (χ1) is 16.7. The molecule has 0 radical (unpaired) electrons. The second-order valence-corrected chi connectivity index (χ2v) is 11.0. The van der Waals surface area contributed by atoms with E-state index in [-0.39, 0.29) is 29.2 Å². The molecule has 6 rings (SSSR count). The Hall–Kier alpha value is -3.61. The van der Waals surface area contributed by atoms with Crippen molar-refractivity contribution in [1.82, 2.24) is 24.9 Å². The lowest BCUT2D eigenvalue weighted by atomic mass is 9.52. The third-order valence-corrected chi connectivity index (χ3v) is 7.77. The molecule has 2 atom stereocenters. The number of allylic oxidation sites excluding steroid dienone is 1. The molecule has 0 aliphatic heterocycles. The zero-order valence-corrected chi connectivity index (χ0v) is 20.1. The summed E-state index contributed by atoms with van der Waals surface area (Å²) < 4.78 is 8.84. The summed E-state index contributed by atoms with van der Waals surface area (Å²) in [6, 6.07) is 4.00. The minimum Gasteiger partial charge on any atom is -0.443 e. The molecule has 4 fully saturated rings. The molecule has 2 aromatic heterocycles. The molecule has 184 valence electrons. The summed E-state index contributed by atoms with van der Waals surface area (Å²) >= 11 is 0. The van der Waals surface area contributed by atoms with Gasteiger partial charge in [-0.05, 0) is 61.3 Å². The van der Waals surface area contributed by atoms with E-state index in [9.17, 15) is 9.59 Å². The fourth-order valence-corrected chi connectivity index (χ4v) is 6.54.